The highest BCUT2D eigenvalue weighted by atomic mass is 19.1. The minimum absolute atomic E-state index is 0.155. The van der Waals surface area contributed by atoms with Gasteiger partial charge in [-0.05, 0) is 48.4 Å². The van der Waals surface area contributed by atoms with E-state index in [0.29, 0.717) is 13.0 Å². The average Bonchev–Trinajstić information content (AvgIpc) is 3.51. The van der Waals surface area contributed by atoms with Gasteiger partial charge in [0, 0.05) is 43.4 Å². The van der Waals surface area contributed by atoms with Gasteiger partial charge in [0.05, 0.1) is 18.1 Å². The molecular formula is C25H25FN4O2. The Balaban J connectivity index is 1.33. The molecule has 0 atom stereocenters. The fourth-order valence-corrected chi connectivity index (χ4v) is 3.34. The minimum atomic E-state index is -0.473. The van der Waals surface area contributed by atoms with Gasteiger partial charge in [0.1, 0.15) is 11.6 Å². The molecule has 6 nitrogen and oxygen atoms in total. The van der Waals surface area contributed by atoms with Crippen molar-refractivity contribution in [2.75, 3.05) is 10.6 Å². The number of rotatable bonds is 9. The number of carbonyl (C=O) groups excluding carboxylic acids is 1. The van der Waals surface area contributed by atoms with E-state index in [4.69, 9.17) is 4.42 Å². The van der Waals surface area contributed by atoms with Gasteiger partial charge in [-0.15, -0.1) is 0 Å². The molecule has 4 rings (SSSR count). The second kappa shape index (κ2) is 9.96. The zero-order valence-corrected chi connectivity index (χ0v) is 17.8. The molecule has 1 amide bonds. The summed E-state index contributed by atoms with van der Waals surface area (Å²) in [4.78, 5) is 12.2. The average molecular weight is 432 g/mol. The number of furan rings is 1. The van der Waals surface area contributed by atoms with Crippen molar-refractivity contribution >= 4 is 17.3 Å². The highest BCUT2D eigenvalue weighted by Crippen LogP contribution is 2.22. The molecule has 0 saturated carbocycles. The van der Waals surface area contributed by atoms with Crippen molar-refractivity contribution in [3.05, 3.63) is 90.4 Å². The van der Waals surface area contributed by atoms with E-state index in [1.54, 1.807) is 24.5 Å². The van der Waals surface area contributed by atoms with Gasteiger partial charge in [0.25, 0.3) is 0 Å². The van der Waals surface area contributed by atoms with Crippen LogP contribution in [0.4, 0.5) is 15.8 Å². The van der Waals surface area contributed by atoms with Crippen LogP contribution in [-0.2, 0) is 24.3 Å². The first-order valence-electron chi connectivity index (χ1n) is 10.6. The third-order valence-electron chi connectivity index (χ3n) is 5.16. The number of aryl methyl sites for hydroxylation is 2. The molecule has 2 aromatic carbocycles. The Hall–Kier alpha value is -3.87. The fraction of sp³-hybridized carbons (Fsp3) is 0.200. The summed E-state index contributed by atoms with van der Waals surface area (Å²) in [5.41, 5.74) is 4.15. The Bertz CT molecular complexity index is 1170. The molecule has 4 aromatic rings. The van der Waals surface area contributed by atoms with Crippen molar-refractivity contribution in [2.45, 2.75) is 32.9 Å². The molecule has 0 bridgehead atoms. The second-order valence-electron chi connectivity index (χ2n) is 7.46. The maximum Gasteiger partial charge on any atom is 0.224 e. The van der Waals surface area contributed by atoms with Crippen molar-refractivity contribution in [1.82, 2.24) is 9.78 Å². The monoisotopic (exact) mass is 432 g/mol. The van der Waals surface area contributed by atoms with Gasteiger partial charge in [-0.3, -0.25) is 9.48 Å². The lowest BCUT2D eigenvalue weighted by Crippen LogP contribution is -2.13. The van der Waals surface area contributed by atoms with E-state index in [-0.39, 0.29) is 18.0 Å². The molecule has 2 aromatic heterocycles. The quantitative estimate of drug-likeness (QED) is 0.367. The predicted molar refractivity (Wildman–Crippen MR) is 123 cm³/mol. The number of anilines is 2. The van der Waals surface area contributed by atoms with E-state index in [9.17, 15) is 9.18 Å². The van der Waals surface area contributed by atoms with Crippen LogP contribution in [0.3, 0.4) is 0 Å². The van der Waals surface area contributed by atoms with Crippen molar-refractivity contribution in [2.24, 2.45) is 0 Å². The van der Waals surface area contributed by atoms with E-state index in [1.165, 1.54) is 6.07 Å². The smallest absolute Gasteiger partial charge is 0.224 e. The number of halogens is 1. The molecule has 2 N–H and O–H groups in total. The first-order chi connectivity index (χ1) is 15.6. The number of hydrogen-bond acceptors (Lipinski definition) is 4. The summed E-state index contributed by atoms with van der Waals surface area (Å²) in [6, 6.07) is 16.4. The van der Waals surface area contributed by atoms with Crippen LogP contribution in [0.5, 0.6) is 0 Å². The molecule has 0 spiro atoms. The van der Waals surface area contributed by atoms with Gasteiger partial charge in [0.2, 0.25) is 5.91 Å². The van der Waals surface area contributed by atoms with Crippen LogP contribution in [0.2, 0.25) is 0 Å². The van der Waals surface area contributed by atoms with Gasteiger partial charge >= 0.3 is 0 Å². The molecule has 0 unspecified atom stereocenters. The van der Waals surface area contributed by atoms with Gasteiger partial charge in [-0.25, -0.2) is 4.39 Å². The Kier molecular flexibility index (Phi) is 6.65. The van der Waals surface area contributed by atoms with Crippen molar-refractivity contribution in [3.63, 3.8) is 0 Å². The molecule has 2 heterocycles. The highest BCUT2D eigenvalue weighted by molar-refractivity contribution is 5.91. The molecule has 0 radical (unpaired) electrons. The minimum Gasteiger partial charge on any atom is -0.469 e. The predicted octanol–water partition coefficient (Wildman–Crippen LogP) is 5.49. The first kappa shape index (κ1) is 21.4. The zero-order valence-electron chi connectivity index (χ0n) is 17.8. The van der Waals surface area contributed by atoms with E-state index >= 15 is 0 Å². The summed E-state index contributed by atoms with van der Waals surface area (Å²) in [6.45, 7) is 3.47. The Morgan fingerprint density at radius 3 is 2.69 bits per heavy atom. The van der Waals surface area contributed by atoms with Crippen LogP contribution >= 0.6 is 0 Å². The molecule has 0 aliphatic rings. The summed E-state index contributed by atoms with van der Waals surface area (Å²) in [5.74, 6) is -0.0143. The van der Waals surface area contributed by atoms with Gasteiger partial charge < -0.3 is 15.1 Å². The van der Waals surface area contributed by atoms with E-state index in [0.717, 1.165) is 34.7 Å². The lowest BCUT2D eigenvalue weighted by atomic mass is 10.1. The van der Waals surface area contributed by atoms with Crippen LogP contribution in [0.25, 0.3) is 11.1 Å². The zero-order chi connectivity index (χ0) is 22.3. The number of benzene rings is 2. The number of carbonyl (C=O) groups is 1. The van der Waals surface area contributed by atoms with Gasteiger partial charge in [-0.1, -0.05) is 24.3 Å². The summed E-state index contributed by atoms with van der Waals surface area (Å²) >= 11 is 0. The molecule has 7 heteroatoms. The molecule has 164 valence electrons. The third kappa shape index (κ3) is 5.43. The van der Waals surface area contributed by atoms with Crippen LogP contribution in [0.15, 0.2) is 77.7 Å². The van der Waals surface area contributed by atoms with Gasteiger partial charge in [-0.2, -0.15) is 5.10 Å². The maximum absolute atomic E-state index is 14.2. The number of amides is 1. The van der Waals surface area contributed by atoms with Crippen molar-refractivity contribution in [1.29, 1.82) is 0 Å². The van der Waals surface area contributed by atoms with Crippen molar-refractivity contribution < 1.29 is 13.6 Å². The molecule has 0 aliphatic heterocycles. The third-order valence-corrected chi connectivity index (χ3v) is 5.16. The molecule has 0 fully saturated rings. The largest absolute Gasteiger partial charge is 0.469 e. The second-order valence-corrected chi connectivity index (χ2v) is 7.46. The number of nitrogens with one attached hydrogen (secondary N) is 2. The SMILES string of the molecule is CCn1cc(-c2ccc(CNc3ccc(F)c(NC(=O)CCc4ccco4)c3)cc2)cn1. The summed E-state index contributed by atoms with van der Waals surface area (Å²) < 4.78 is 21.3. The summed E-state index contributed by atoms with van der Waals surface area (Å²) in [5, 5.41) is 10.2. The Labute approximate surface area is 186 Å². The maximum atomic E-state index is 14.2. The van der Waals surface area contributed by atoms with E-state index in [2.05, 4.69) is 34.8 Å². The Morgan fingerprint density at radius 2 is 1.97 bits per heavy atom. The topological polar surface area (TPSA) is 72.1 Å². The van der Waals surface area contributed by atoms with Gasteiger partial charge in [0.15, 0.2) is 0 Å². The number of aromatic nitrogens is 2. The van der Waals surface area contributed by atoms with E-state index < -0.39 is 5.82 Å². The number of hydrogen-bond donors (Lipinski definition) is 2. The molecular weight excluding hydrogens is 407 g/mol. The lowest BCUT2D eigenvalue weighted by molar-refractivity contribution is -0.116. The molecule has 0 aliphatic carbocycles. The van der Waals surface area contributed by atoms with Crippen molar-refractivity contribution in [3.8, 4) is 11.1 Å². The normalized spacial score (nSPS) is 10.8. The van der Waals surface area contributed by atoms with Crippen LogP contribution in [0, 0.1) is 5.82 Å². The van der Waals surface area contributed by atoms with Crippen LogP contribution in [-0.4, -0.2) is 15.7 Å². The van der Waals surface area contributed by atoms with Crippen LogP contribution < -0.4 is 10.6 Å². The lowest BCUT2D eigenvalue weighted by Gasteiger charge is -2.11. The highest BCUT2D eigenvalue weighted by Gasteiger charge is 2.09. The molecule has 32 heavy (non-hydrogen) atoms. The molecule has 0 saturated heterocycles. The fourth-order valence-electron chi connectivity index (χ4n) is 3.34. The first-order valence-corrected chi connectivity index (χ1v) is 10.6. The summed E-state index contributed by atoms with van der Waals surface area (Å²) in [6.07, 6.45) is 6.13. The van der Waals surface area contributed by atoms with E-state index in [1.807, 2.05) is 35.3 Å². The standard InChI is InChI=1S/C25H25FN4O2/c1-2-30-17-20(16-28-30)19-7-5-18(6-8-19)15-27-21-9-11-23(26)24(14-21)29-25(31)12-10-22-4-3-13-32-22/h3-9,11,13-14,16-17,27H,2,10,12,15H2,1H3,(H,29,31). The summed E-state index contributed by atoms with van der Waals surface area (Å²) in [7, 11) is 0. The Morgan fingerprint density at radius 1 is 1.12 bits per heavy atom. The van der Waals surface area contributed by atoms with Crippen LogP contribution in [0.1, 0.15) is 24.7 Å². The number of nitrogens with zero attached hydrogens (tertiary/aromatic N) is 2.